The van der Waals surface area contributed by atoms with Crippen LogP contribution in [0.5, 0.6) is 17.4 Å². The van der Waals surface area contributed by atoms with Crippen molar-refractivity contribution in [3.05, 3.63) is 155 Å². The average Bonchev–Trinajstić information content (AvgIpc) is 3.38. The number of aryl methyl sites for hydroxylation is 5. The maximum Gasteiger partial charge on any atom is 0.213 e. The lowest BCUT2D eigenvalue weighted by Gasteiger charge is -2.31. The highest BCUT2D eigenvalue weighted by atomic mass is 16.5. The zero-order valence-corrected chi connectivity index (χ0v) is 43.2. The van der Waals surface area contributed by atoms with Crippen LogP contribution < -0.4 is 23.8 Å². The molecule has 0 saturated heterocycles. The molecule has 7 rings (SSSR count). The summed E-state index contributed by atoms with van der Waals surface area (Å²) >= 11 is 0. The molecule has 1 aliphatic heterocycles. The van der Waals surface area contributed by atoms with E-state index in [9.17, 15) is 5.21 Å². The van der Waals surface area contributed by atoms with Crippen LogP contribution in [0, 0.1) is 26.0 Å². The van der Waals surface area contributed by atoms with Gasteiger partial charge in [-0.25, -0.2) is 4.98 Å². The summed E-state index contributed by atoms with van der Waals surface area (Å²) in [7, 11) is 8.54. The van der Waals surface area contributed by atoms with Crippen molar-refractivity contribution in [1.29, 1.82) is 0 Å². The lowest BCUT2D eigenvalue weighted by atomic mass is 10.1. The maximum absolute atomic E-state index is 11.5. The zero-order valence-electron chi connectivity index (χ0n) is 43.2. The number of nitrogens with zero attached hydrogens (tertiary/aromatic N) is 4. The standard InChI is InChI=1S/C13H14O2.C12H17NO2.C11H17NO2.C11H17NO.C10H15NO2/c1-14-9-10-15-13-8-4-6-11-5-2-3-7-12(11)13;1-14-9-4-7-13-8-10-15-12-6-3-2-5-11(12)13;1-10-6-5-8-11(12(10)13)7-3-4-9-14-2;1-10-6-5-8-11(12-10)7-3-4-9-13-2;1-9-5-3-6-10(11-9)13-8-4-7-12-2/h2-8H,9-10H2,1H3;2-3,5-6H,4,7-10H2,1H3;5-6,8H,3-4,7,9H2,1-2H3;5-6,8H,3-4,7,9H2,1-2H3;3,5-6H,4,7-8H2,1-2H3. The number of methoxy groups -OCH3 is 5. The summed E-state index contributed by atoms with van der Waals surface area (Å²) in [5.41, 5.74) is 6.08. The highest BCUT2D eigenvalue weighted by molar-refractivity contribution is 5.88. The minimum Gasteiger partial charge on any atom is -0.618 e. The van der Waals surface area contributed by atoms with Gasteiger partial charge in [0.2, 0.25) is 5.88 Å². The van der Waals surface area contributed by atoms with E-state index in [1.165, 1.54) is 16.8 Å². The minimum atomic E-state index is 0.588. The zero-order chi connectivity index (χ0) is 50.4. The second-order valence-electron chi connectivity index (χ2n) is 16.4. The molecule has 0 N–H and O–H groups in total. The Hall–Kier alpha value is -5.83. The lowest BCUT2D eigenvalue weighted by molar-refractivity contribution is -0.620. The van der Waals surface area contributed by atoms with Crippen molar-refractivity contribution in [2.75, 3.05) is 106 Å². The van der Waals surface area contributed by atoms with Gasteiger partial charge in [-0.1, -0.05) is 60.7 Å². The molecule has 70 heavy (non-hydrogen) atoms. The smallest absolute Gasteiger partial charge is 0.213 e. The fraction of sp³-hybridized carbons (Fsp3) is 0.456. The van der Waals surface area contributed by atoms with Crippen LogP contribution in [-0.4, -0.2) is 111 Å². The molecule has 0 unspecified atom stereocenters. The highest BCUT2D eigenvalue weighted by Gasteiger charge is 2.16. The maximum atomic E-state index is 11.5. The Bertz CT molecular complexity index is 2200. The van der Waals surface area contributed by atoms with Crippen molar-refractivity contribution in [2.24, 2.45) is 0 Å². The van der Waals surface area contributed by atoms with E-state index in [0.29, 0.717) is 25.7 Å². The predicted octanol–water partition coefficient (Wildman–Crippen LogP) is 10.5. The second kappa shape index (κ2) is 37.1. The lowest BCUT2D eigenvalue weighted by Crippen LogP contribution is -2.34. The Kier molecular flexibility index (Phi) is 31.0. The highest BCUT2D eigenvalue weighted by Crippen LogP contribution is 2.31. The number of hydrogen-bond acceptors (Lipinski definition) is 12. The monoisotopic (exact) mass is 965 g/mol. The quantitative estimate of drug-likeness (QED) is 0.0344. The van der Waals surface area contributed by atoms with Gasteiger partial charge in [-0.05, 0) is 100 Å². The average molecular weight is 965 g/mol. The van der Waals surface area contributed by atoms with Gasteiger partial charge in [-0.2, -0.15) is 4.73 Å². The van der Waals surface area contributed by atoms with Crippen LogP contribution in [0.3, 0.4) is 0 Å². The number of pyridine rings is 3. The molecular weight excluding hydrogens is 885 g/mol. The summed E-state index contributed by atoms with van der Waals surface area (Å²) in [5, 5.41) is 13.9. The number of rotatable bonds is 23. The molecule has 13 nitrogen and oxygen atoms in total. The topological polar surface area (TPSA) is 130 Å². The number of anilines is 1. The molecule has 382 valence electrons. The van der Waals surface area contributed by atoms with E-state index in [4.69, 9.17) is 37.9 Å². The number of ether oxygens (including phenoxy) is 8. The van der Waals surface area contributed by atoms with E-state index in [1.54, 1.807) is 35.5 Å². The van der Waals surface area contributed by atoms with Crippen LogP contribution in [0.15, 0.2) is 121 Å². The fourth-order valence-electron chi connectivity index (χ4n) is 7.08. The van der Waals surface area contributed by atoms with Gasteiger partial charge in [-0.3, -0.25) is 4.98 Å². The summed E-state index contributed by atoms with van der Waals surface area (Å²) in [5.74, 6) is 2.61. The number of benzene rings is 3. The van der Waals surface area contributed by atoms with E-state index in [2.05, 4.69) is 57.3 Å². The van der Waals surface area contributed by atoms with Crippen LogP contribution in [0.25, 0.3) is 10.8 Å². The van der Waals surface area contributed by atoms with Crippen molar-refractivity contribution in [1.82, 2.24) is 9.97 Å². The van der Waals surface area contributed by atoms with Crippen LogP contribution in [0.4, 0.5) is 5.69 Å². The van der Waals surface area contributed by atoms with E-state index in [1.807, 2.05) is 99.6 Å². The second-order valence-corrected chi connectivity index (χ2v) is 16.4. The largest absolute Gasteiger partial charge is 0.618 e. The number of hydrogen-bond donors (Lipinski definition) is 0. The van der Waals surface area contributed by atoms with E-state index in [0.717, 1.165) is 142 Å². The van der Waals surface area contributed by atoms with Crippen LogP contribution in [-0.2, 0) is 36.5 Å². The number of para-hydroxylation sites is 2. The molecule has 1 aliphatic rings. The molecule has 0 amide bonds. The molecule has 3 aromatic carbocycles. The van der Waals surface area contributed by atoms with Gasteiger partial charge < -0.3 is 48.0 Å². The molecule has 0 bridgehead atoms. The third-order valence-corrected chi connectivity index (χ3v) is 10.7. The number of unbranched alkanes of at least 4 members (excludes halogenated alkanes) is 2. The Labute approximate surface area is 418 Å². The van der Waals surface area contributed by atoms with Gasteiger partial charge in [0.15, 0.2) is 11.4 Å². The van der Waals surface area contributed by atoms with Crippen molar-refractivity contribution in [2.45, 2.75) is 72.1 Å². The summed E-state index contributed by atoms with van der Waals surface area (Å²) in [6.45, 7) is 13.6. The first-order valence-electron chi connectivity index (χ1n) is 24.4. The molecule has 3 aromatic heterocycles. The first kappa shape index (κ1) is 58.5. The summed E-state index contributed by atoms with van der Waals surface area (Å²) < 4.78 is 42.5. The summed E-state index contributed by atoms with van der Waals surface area (Å²) in [6.07, 6.45) is 8.12. The molecular formula is C57H80N4O9. The minimum absolute atomic E-state index is 0.588. The first-order valence-corrected chi connectivity index (χ1v) is 24.4. The van der Waals surface area contributed by atoms with Crippen molar-refractivity contribution < 1.29 is 42.6 Å². The Morgan fingerprint density at radius 2 is 1.16 bits per heavy atom. The molecule has 13 heteroatoms. The van der Waals surface area contributed by atoms with E-state index < -0.39 is 0 Å². The number of aromatic nitrogens is 3. The SMILES string of the molecule is COCCCCc1cccc(C)[n+]1[O-].COCCCCc1cccc(C)n1.COCCCN1CCOc2ccccc21.COCCCOc1cccc(C)n1.COCCOc1cccc2ccccc12. The van der Waals surface area contributed by atoms with Crippen LogP contribution in [0.2, 0.25) is 0 Å². The first-order chi connectivity index (χ1) is 34.2. The third-order valence-electron chi connectivity index (χ3n) is 10.7. The van der Waals surface area contributed by atoms with Gasteiger partial charge in [0.25, 0.3) is 0 Å². The molecule has 0 atom stereocenters. The van der Waals surface area contributed by atoms with Crippen molar-refractivity contribution in [3.8, 4) is 17.4 Å². The number of fused-ring (bicyclic) bond motifs is 2. The van der Waals surface area contributed by atoms with E-state index >= 15 is 0 Å². The Morgan fingerprint density at radius 1 is 0.543 bits per heavy atom. The van der Waals surface area contributed by atoms with Crippen LogP contribution >= 0.6 is 0 Å². The molecule has 0 spiro atoms. The van der Waals surface area contributed by atoms with Crippen molar-refractivity contribution in [3.63, 3.8) is 0 Å². The predicted molar refractivity (Wildman–Crippen MR) is 282 cm³/mol. The fourth-order valence-corrected chi connectivity index (χ4v) is 7.08. The normalized spacial score (nSPS) is 11.2. The molecule has 4 heterocycles. The van der Waals surface area contributed by atoms with Gasteiger partial charge in [0.1, 0.15) is 24.7 Å². The summed E-state index contributed by atoms with van der Waals surface area (Å²) in [4.78, 5) is 11.0. The Morgan fingerprint density at radius 3 is 1.89 bits per heavy atom. The van der Waals surface area contributed by atoms with Gasteiger partial charge in [-0.15, -0.1) is 0 Å². The van der Waals surface area contributed by atoms with E-state index in [-0.39, 0.29) is 0 Å². The summed E-state index contributed by atoms with van der Waals surface area (Å²) in [6, 6.07) is 40.0. The molecule has 0 saturated carbocycles. The molecule has 0 aliphatic carbocycles. The molecule has 0 radical (unpaired) electrons. The van der Waals surface area contributed by atoms with Gasteiger partial charge >= 0.3 is 0 Å². The molecule has 6 aromatic rings. The van der Waals surface area contributed by atoms with Gasteiger partial charge in [0.05, 0.1) is 25.4 Å². The van der Waals surface area contributed by atoms with Crippen molar-refractivity contribution >= 4 is 16.5 Å². The Balaban J connectivity index is 0.000000232. The van der Waals surface area contributed by atoms with Crippen LogP contribution in [0.1, 0.15) is 67.0 Å². The molecule has 0 fully saturated rings. The third kappa shape index (κ3) is 24.1. The van der Waals surface area contributed by atoms with Gasteiger partial charge in [0, 0.05) is 129 Å².